The van der Waals surface area contributed by atoms with Crippen LogP contribution in [0.4, 0.5) is 0 Å². The smallest absolute Gasteiger partial charge is 0.0371 e. The van der Waals surface area contributed by atoms with Crippen molar-refractivity contribution in [3.8, 4) is 0 Å². The average Bonchev–Trinajstić information content (AvgIpc) is 2.85. The first-order valence-electron chi connectivity index (χ1n) is 6.20. The molecule has 0 bridgehead atoms. The third kappa shape index (κ3) is 2.12. The lowest BCUT2D eigenvalue weighted by molar-refractivity contribution is 0.421. The summed E-state index contributed by atoms with van der Waals surface area (Å²) in [6, 6.07) is 2.59. The van der Waals surface area contributed by atoms with E-state index in [9.17, 15) is 0 Å². The van der Waals surface area contributed by atoms with Gasteiger partial charge in [-0.05, 0) is 48.4 Å². The lowest BCUT2D eigenvalue weighted by Gasteiger charge is -2.21. The van der Waals surface area contributed by atoms with Crippen LogP contribution in [-0.4, -0.2) is 11.5 Å². The molecule has 88 valence electrons. The van der Waals surface area contributed by atoms with E-state index in [1.54, 1.807) is 0 Å². The number of nitrogens with one attached hydrogen (secondary N) is 1. The van der Waals surface area contributed by atoms with Crippen LogP contribution in [-0.2, 0) is 0 Å². The highest BCUT2D eigenvalue weighted by Crippen LogP contribution is 2.57. The van der Waals surface area contributed by atoms with Crippen LogP contribution >= 0.6 is 0 Å². The first-order chi connectivity index (χ1) is 7.56. The van der Waals surface area contributed by atoms with E-state index in [1.165, 1.54) is 17.5 Å². The summed E-state index contributed by atoms with van der Waals surface area (Å²) in [7, 11) is 0. The van der Waals surface area contributed by atoms with Crippen LogP contribution in [0.5, 0.6) is 0 Å². The van der Waals surface area contributed by atoms with Gasteiger partial charge in [0.25, 0.3) is 0 Å². The van der Waals surface area contributed by atoms with E-state index in [0.717, 1.165) is 12.5 Å². The predicted molar refractivity (Wildman–Crippen MR) is 67.3 cm³/mol. The Morgan fingerprint density at radius 1 is 1.56 bits per heavy atom. The second-order valence-electron chi connectivity index (χ2n) is 5.57. The van der Waals surface area contributed by atoms with Crippen LogP contribution in [0.15, 0.2) is 18.5 Å². The number of hydrogen-bond donors (Lipinski definition) is 1. The van der Waals surface area contributed by atoms with Gasteiger partial charge in [-0.3, -0.25) is 4.98 Å². The van der Waals surface area contributed by atoms with Gasteiger partial charge in [0.05, 0.1) is 0 Å². The Labute approximate surface area is 98.5 Å². The molecule has 2 heteroatoms. The zero-order valence-electron chi connectivity index (χ0n) is 10.7. The van der Waals surface area contributed by atoms with E-state index in [-0.39, 0.29) is 0 Å². The first-order valence-corrected chi connectivity index (χ1v) is 6.20. The molecule has 0 saturated heterocycles. The zero-order valence-corrected chi connectivity index (χ0v) is 10.7. The predicted octanol–water partition coefficient (Wildman–Crippen LogP) is 3.09. The van der Waals surface area contributed by atoms with E-state index in [1.807, 2.05) is 12.4 Å². The fraction of sp³-hybridized carbons (Fsp3) is 0.643. The summed E-state index contributed by atoms with van der Waals surface area (Å²) in [5, 5.41) is 3.62. The molecule has 2 rings (SSSR count). The lowest BCUT2D eigenvalue weighted by atomic mass is 9.95. The van der Waals surface area contributed by atoms with Crippen LogP contribution in [0.3, 0.4) is 0 Å². The van der Waals surface area contributed by atoms with Crippen molar-refractivity contribution in [3.63, 3.8) is 0 Å². The molecule has 1 aliphatic rings. The fourth-order valence-electron chi connectivity index (χ4n) is 2.57. The number of hydrogen-bond acceptors (Lipinski definition) is 2. The minimum absolute atomic E-state index is 0.480. The summed E-state index contributed by atoms with van der Waals surface area (Å²) in [6.45, 7) is 10.1. The molecule has 0 aromatic carbocycles. The highest BCUT2D eigenvalue weighted by molar-refractivity contribution is 5.28. The van der Waals surface area contributed by atoms with Crippen molar-refractivity contribution in [2.75, 3.05) is 6.54 Å². The largest absolute Gasteiger partial charge is 0.310 e. The highest BCUT2D eigenvalue weighted by Gasteiger charge is 2.50. The minimum atomic E-state index is 0.480. The zero-order chi connectivity index (χ0) is 11.8. The molecule has 0 amide bonds. The molecular formula is C14H22N2. The Kier molecular flexibility index (Phi) is 3.02. The van der Waals surface area contributed by atoms with Gasteiger partial charge in [-0.25, -0.2) is 0 Å². The number of aromatic nitrogens is 1. The molecule has 2 atom stereocenters. The topological polar surface area (TPSA) is 24.9 Å². The van der Waals surface area contributed by atoms with Crippen molar-refractivity contribution in [3.05, 3.63) is 29.6 Å². The molecule has 0 aliphatic heterocycles. The van der Waals surface area contributed by atoms with Gasteiger partial charge < -0.3 is 5.32 Å². The molecule has 2 nitrogen and oxygen atoms in total. The van der Waals surface area contributed by atoms with Crippen molar-refractivity contribution < 1.29 is 0 Å². The van der Waals surface area contributed by atoms with Crippen molar-refractivity contribution >= 4 is 0 Å². The van der Waals surface area contributed by atoms with Crippen LogP contribution in [0.25, 0.3) is 0 Å². The minimum Gasteiger partial charge on any atom is -0.310 e. The summed E-state index contributed by atoms with van der Waals surface area (Å²) in [5.41, 5.74) is 3.22. The standard InChI is InChI=1S/C14H22N2/c1-5-16-13(12-8-14(12,3)4)11-9-15-7-6-10(11)2/h6-7,9,12-13,16H,5,8H2,1-4H3. The van der Waals surface area contributed by atoms with E-state index >= 15 is 0 Å². The Morgan fingerprint density at radius 2 is 2.25 bits per heavy atom. The van der Waals surface area contributed by atoms with Gasteiger partial charge in [-0.2, -0.15) is 0 Å². The summed E-state index contributed by atoms with van der Waals surface area (Å²) >= 11 is 0. The van der Waals surface area contributed by atoms with Crippen LogP contribution in [0.2, 0.25) is 0 Å². The third-order valence-electron chi connectivity index (χ3n) is 3.83. The van der Waals surface area contributed by atoms with Gasteiger partial charge in [-0.1, -0.05) is 20.8 Å². The van der Waals surface area contributed by atoms with E-state index < -0.39 is 0 Å². The number of aryl methyl sites for hydroxylation is 1. The van der Waals surface area contributed by atoms with Gasteiger partial charge in [0.15, 0.2) is 0 Å². The van der Waals surface area contributed by atoms with Crippen molar-refractivity contribution in [2.24, 2.45) is 11.3 Å². The Morgan fingerprint density at radius 3 is 2.75 bits per heavy atom. The molecule has 16 heavy (non-hydrogen) atoms. The Bertz CT molecular complexity index is 371. The third-order valence-corrected chi connectivity index (χ3v) is 3.83. The Hall–Kier alpha value is -0.890. The maximum atomic E-state index is 4.27. The second kappa shape index (κ2) is 4.17. The molecular weight excluding hydrogens is 196 g/mol. The van der Waals surface area contributed by atoms with Crippen LogP contribution < -0.4 is 5.32 Å². The Balaban J connectivity index is 2.24. The maximum absolute atomic E-state index is 4.27. The molecule has 0 radical (unpaired) electrons. The number of pyridine rings is 1. The van der Waals surface area contributed by atoms with E-state index in [4.69, 9.17) is 0 Å². The quantitative estimate of drug-likeness (QED) is 0.840. The molecule has 1 saturated carbocycles. The SMILES string of the molecule is CCNC(c1cnccc1C)C1CC1(C)C. The molecule has 1 aromatic heterocycles. The van der Waals surface area contributed by atoms with Crippen molar-refractivity contribution in [1.82, 2.24) is 10.3 Å². The highest BCUT2D eigenvalue weighted by atomic mass is 14.9. The second-order valence-corrected chi connectivity index (χ2v) is 5.57. The van der Waals surface area contributed by atoms with Gasteiger partial charge in [0.2, 0.25) is 0 Å². The first kappa shape index (κ1) is 11.6. The van der Waals surface area contributed by atoms with Gasteiger partial charge in [0, 0.05) is 18.4 Å². The fourth-order valence-corrected chi connectivity index (χ4v) is 2.57. The molecule has 0 spiro atoms. The lowest BCUT2D eigenvalue weighted by Crippen LogP contribution is -2.25. The summed E-state index contributed by atoms with van der Waals surface area (Å²) in [4.78, 5) is 4.27. The van der Waals surface area contributed by atoms with Gasteiger partial charge in [-0.15, -0.1) is 0 Å². The number of nitrogens with zero attached hydrogens (tertiary/aromatic N) is 1. The van der Waals surface area contributed by atoms with E-state index in [2.05, 4.69) is 44.1 Å². The maximum Gasteiger partial charge on any atom is 0.0371 e. The monoisotopic (exact) mass is 218 g/mol. The molecule has 1 aliphatic carbocycles. The molecule has 1 heterocycles. The summed E-state index contributed by atoms with van der Waals surface area (Å²) in [5.74, 6) is 0.760. The van der Waals surface area contributed by atoms with Gasteiger partial charge in [0.1, 0.15) is 0 Å². The van der Waals surface area contributed by atoms with Crippen molar-refractivity contribution in [1.29, 1.82) is 0 Å². The summed E-state index contributed by atoms with van der Waals surface area (Å²) < 4.78 is 0. The number of rotatable bonds is 4. The molecule has 1 N–H and O–H groups in total. The van der Waals surface area contributed by atoms with E-state index in [0.29, 0.717) is 11.5 Å². The average molecular weight is 218 g/mol. The van der Waals surface area contributed by atoms with Gasteiger partial charge >= 0.3 is 0 Å². The van der Waals surface area contributed by atoms with Crippen molar-refractivity contribution in [2.45, 2.75) is 40.2 Å². The summed E-state index contributed by atoms with van der Waals surface area (Å²) in [6.07, 6.45) is 5.22. The molecule has 1 fully saturated rings. The van der Waals surface area contributed by atoms with Crippen LogP contribution in [0.1, 0.15) is 44.4 Å². The normalized spacial score (nSPS) is 24.1. The molecule has 1 aromatic rings. The molecule has 2 unspecified atom stereocenters. The van der Waals surface area contributed by atoms with Crippen LogP contribution in [0, 0.1) is 18.3 Å².